The molecule has 0 radical (unpaired) electrons. The lowest BCUT2D eigenvalue weighted by molar-refractivity contribution is -0.202. The van der Waals surface area contributed by atoms with E-state index >= 15 is 8.78 Å². The van der Waals surface area contributed by atoms with Crippen molar-refractivity contribution in [3.63, 3.8) is 0 Å². The minimum absolute atomic E-state index is 0.0583. The molecule has 4 unspecified atom stereocenters. The van der Waals surface area contributed by atoms with Crippen molar-refractivity contribution in [2.45, 2.75) is 84.0 Å². The Balaban J connectivity index is 0.000000623. The maximum absolute atomic E-state index is 16.8. The van der Waals surface area contributed by atoms with Crippen molar-refractivity contribution in [3.05, 3.63) is 23.8 Å². The second-order valence-corrected chi connectivity index (χ2v) is 11.3. The minimum Gasteiger partial charge on any atom is -0.458 e. The highest BCUT2D eigenvalue weighted by atomic mass is 19.1. The largest absolute Gasteiger partial charge is 0.458 e. The average molecular weight is 499 g/mol. The van der Waals surface area contributed by atoms with E-state index in [0.717, 1.165) is 0 Å². The molecular formula is C26H36F2O7. The van der Waals surface area contributed by atoms with Gasteiger partial charge < -0.3 is 20.1 Å². The fourth-order valence-electron chi connectivity index (χ4n) is 7.00. The van der Waals surface area contributed by atoms with Crippen LogP contribution in [0.2, 0.25) is 0 Å². The highest BCUT2D eigenvalue weighted by molar-refractivity contribution is 6.01. The molecule has 35 heavy (non-hydrogen) atoms. The van der Waals surface area contributed by atoms with Gasteiger partial charge in [0.2, 0.25) is 0 Å². The molecule has 0 spiro atoms. The molecule has 0 aromatic heterocycles. The minimum atomic E-state index is -2.13. The zero-order valence-electron chi connectivity index (χ0n) is 20.9. The SMILES string of the molecule is CC(=O)OCC(=O)[C@H]1CCC2[C@@H]3C[C@H](F)C4=CC(=O)C=CC4(C)[C@@]3(F)C(O)CC21C.CC(C)(O)O. The Morgan fingerprint density at radius 2 is 1.80 bits per heavy atom. The number of carbonyl (C=O) groups is 3. The van der Waals surface area contributed by atoms with Crippen LogP contribution >= 0.6 is 0 Å². The molecular weight excluding hydrogens is 462 g/mol. The van der Waals surface area contributed by atoms with Gasteiger partial charge in [0, 0.05) is 24.2 Å². The van der Waals surface area contributed by atoms with Gasteiger partial charge in [-0.25, -0.2) is 8.78 Å². The summed E-state index contributed by atoms with van der Waals surface area (Å²) in [7, 11) is 0. The summed E-state index contributed by atoms with van der Waals surface area (Å²) >= 11 is 0. The number of Topliss-reactive ketones (excluding diaryl/α,β-unsaturated/α-hetero) is 1. The number of allylic oxidation sites excluding steroid dienone is 4. The Hall–Kier alpha value is -1.97. The summed E-state index contributed by atoms with van der Waals surface area (Å²) in [4.78, 5) is 35.7. The van der Waals surface area contributed by atoms with Crippen LogP contribution in [0.3, 0.4) is 0 Å². The van der Waals surface area contributed by atoms with Crippen molar-refractivity contribution in [3.8, 4) is 0 Å². The van der Waals surface area contributed by atoms with E-state index in [2.05, 4.69) is 0 Å². The quantitative estimate of drug-likeness (QED) is 0.404. The summed E-state index contributed by atoms with van der Waals surface area (Å²) < 4.78 is 36.9. The van der Waals surface area contributed by atoms with Crippen LogP contribution in [0.25, 0.3) is 0 Å². The van der Waals surface area contributed by atoms with Crippen LogP contribution in [-0.4, -0.2) is 63.2 Å². The van der Waals surface area contributed by atoms with Gasteiger partial charge in [-0.2, -0.15) is 0 Å². The highest BCUT2D eigenvalue weighted by Crippen LogP contribution is 2.69. The van der Waals surface area contributed by atoms with Crippen molar-refractivity contribution in [2.75, 3.05) is 6.61 Å². The first-order valence-electron chi connectivity index (χ1n) is 12.0. The van der Waals surface area contributed by atoms with Crippen LogP contribution in [0.5, 0.6) is 0 Å². The molecule has 4 aliphatic carbocycles. The molecule has 8 atom stereocenters. The molecule has 4 aliphatic rings. The van der Waals surface area contributed by atoms with E-state index in [1.807, 2.05) is 6.92 Å². The Morgan fingerprint density at radius 3 is 2.37 bits per heavy atom. The number of aliphatic hydroxyl groups is 3. The summed E-state index contributed by atoms with van der Waals surface area (Å²) in [6, 6.07) is 0. The van der Waals surface area contributed by atoms with Gasteiger partial charge in [-0.05, 0) is 75.5 Å². The molecule has 0 bridgehead atoms. The molecule has 0 aliphatic heterocycles. The molecule has 4 rings (SSSR count). The fraction of sp³-hybridized carbons (Fsp3) is 0.731. The zero-order chi connectivity index (χ0) is 26.6. The number of rotatable bonds is 3. The van der Waals surface area contributed by atoms with Crippen LogP contribution in [0.1, 0.15) is 60.3 Å². The highest BCUT2D eigenvalue weighted by Gasteiger charge is 2.72. The molecule has 0 saturated heterocycles. The number of hydrogen-bond acceptors (Lipinski definition) is 7. The van der Waals surface area contributed by atoms with Crippen LogP contribution in [-0.2, 0) is 19.1 Å². The molecule has 3 N–H and O–H groups in total. The predicted octanol–water partition coefficient (Wildman–Crippen LogP) is 2.76. The maximum Gasteiger partial charge on any atom is 0.303 e. The lowest BCUT2D eigenvalue weighted by Gasteiger charge is -2.62. The molecule has 9 heteroatoms. The average Bonchev–Trinajstić information content (AvgIpc) is 3.05. The van der Waals surface area contributed by atoms with E-state index in [1.54, 1.807) is 6.92 Å². The second-order valence-electron chi connectivity index (χ2n) is 11.3. The normalized spacial score (nSPS) is 42.1. The number of esters is 1. The standard InChI is InChI=1S/C23H28F2O5.C3H8O2/c1-12(26)30-11-19(28)15-5-4-14-16-9-18(24)17-8-13(27)6-7-22(17,3)23(16,25)20(29)10-21(14,15)2;1-3(2,4)5/h6-8,14-16,18,20,29H,4-5,9-11H2,1-3H3;4-5H,1-2H3/t14?,15-,16+,18+,20?,21?,22?,23+;/m1./s1. The van der Waals surface area contributed by atoms with Crippen molar-refractivity contribution >= 4 is 17.5 Å². The predicted molar refractivity (Wildman–Crippen MR) is 122 cm³/mol. The van der Waals surface area contributed by atoms with Crippen molar-refractivity contribution in [2.24, 2.45) is 28.6 Å². The van der Waals surface area contributed by atoms with Gasteiger partial charge in [0.25, 0.3) is 0 Å². The summed E-state index contributed by atoms with van der Waals surface area (Å²) in [5, 5.41) is 27.3. The van der Waals surface area contributed by atoms with Crippen LogP contribution in [0.4, 0.5) is 8.78 Å². The fourth-order valence-corrected chi connectivity index (χ4v) is 7.00. The Morgan fingerprint density at radius 1 is 1.20 bits per heavy atom. The van der Waals surface area contributed by atoms with Crippen molar-refractivity contribution in [1.29, 1.82) is 0 Å². The number of ether oxygens (including phenoxy) is 1. The van der Waals surface area contributed by atoms with Gasteiger partial charge in [0.15, 0.2) is 23.0 Å². The van der Waals surface area contributed by atoms with E-state index < -0.39 is 52.4 Å². The van der Waals surface area contributed by atoms with Gasteiger partial charge in [-0.1, -0.05) is 13.0 Å². The molecule has 7 nitrogen and oxygen atoms in total. The van der Waals surface area contributed by atoms with E-state index in [-0.39, 0.29) is 42.5 Å². The van der Waals surface area contributed by atoms with E-state index in [9.17, 15) is 19.5 Å². The summed E-state index contributed by atoms with van der Waals surface area (Å²) in [5.74, 6) is -4.22. The number of aliphatic hydroxyl groups excluding tert-OH is 1. The Bertz CT molecular complexity index is 948. The Kier molecular flexibility index (Phi) is 7.23. The summed E-state index contributed by atoms with van der Waals surface area (Å²) in [6.45, 7) is 6.91. The molecule has 3 fully saturated rings. The molecule has 0 amide bonds. The molecule has 0 aromatic carbocycles. The van der Waals surface area contributed by atoms with Gasteiger partial charge in [0.1, 0.15) is 12.8 Å². The van der Waals surface area contributed by atoms with Crippen molar-refractivity contribution < 1.29 is 43.2 Å². The number of ketones is 2. The van der Waals surface area contributed by atoms with Crippen LogP contribution < -0.4 is 0 Å². The molecule has 3 saturated carbocycles. The number of fused-ring (bicyclic) bond motifs is 5. The number of halogens is 2. The van der Waals surface area contributed by atoms with Crippen LogP contribution in [0, 0.1) is 28.6 Å². The third-order valence-electron chi connectivity index (χ3n) is 8.43. The van der Waals surface area contributed by atoms with Gasteiger partial charge in [-0.15, -0.1) is 0 Å². The van der Waals surface area contributed by atoms with Gasteiger partial charge in [0.05, 0.1) is 6.10 Å². The molecule has 196 valence electrons. The van der Waals surface area contributed by atoms with Crippen LogP contribution in [0.15, 0.2) is 23.8 Å². The maximum atomic E-state index is 16.8. The molecule has 0 aromatic rings. The molecule has 0 heterocycles. The third-order valence-corrected chi connectivity index (χ3v) is 8.43. The summed E-state index contributed by atoms with van der Waals surface area (Å²) in [5.41, 5.74) is -4.15. The number of alkyl halides is 2. The second kappa shape index (κ2) is 9.16. The first-order valence-corrected chi connectivity index (χ1v) is 12.0. The van der Waals surface area contributed by atoms with Gasteiger partial charge in [-0.3, -0.25) is 14.4 Å². The Labute approximate surface area is 204 Å². The zero-order valence-corrected chi connectivity index (χ0v) is 20.9. The lowest BCUT2D eigenvalue weighted by atomic mass is 9.45. The number of hydrogen-bond donors (Lipinski definition) is 3. The topological polar surface area (TPSA) is 121 Å². The monoisotopic (exact) mass is 498 g/mol. The lowest BCUT2D eigenvalue weighted by Crippen LogP contribution is -2.68. The van der Waals surface area contributed by atoms with E-state index in [1.165, 1.54) is 39.0 Å². The van der Waals surface area contributed by atoms with E-state index in [0.29, 0.717) is 12.8 Å². The van der Waals surface area contributed by atoms with E-state index in [4.69, 9.17) is 14.9 Å². The number of carbonyl (C=O) groups excluding carboxylic acids is 3. The van der Waals surface area contributed by atoms with Gasteiger partial charge >= 0.3 is 5.97 Å². The van der Waals surface area contributed by atoms with Crippen molar-refractivity contribution in [1.82, 2.24) is 0 Å². The smallest absolute Gasteiger partial charge is 0.303 e. The first-order chi connectivity index (χ1) is 15.9. The first kappa shape index (κ1) is 27.6. The third kappa shape index (κ3) is 4.74. The summed E-state index contributed by atoms with van der Waals surface area (Å²) in [6.07, 6.45) is 1.90.